The molecule has 21 heavy (non-hydrogen) atoms. The maximum absolute atomic E-state index is 12.7. The molecule has 5 nitrogen and oxygen atoms in total. The summed E-state index contributed by atoms with van der Waals surface area (Å²) >= 11 is 0. The molecule has 2 aromatic rings. The molecule has 108 valence electrons. The molecule has 0 amide bonds. The van der Waals surface area contributed by atoms with Crippen molar-refractivity contribution >= 4 is 16.2 Å². The lowest BCUT2D eigenvalue weighted by molar-refractivity contribution is 0.222. The fourth-order valence-electron chi connectivity index (χ4n) is 2.18. The second-order valence-corrected chi connectivity index (χ2v) is 6.86. The normalized spacial score (nSPS) is 21.2. The lowest BCUT2D eigenvalue weighted by Gasteiger charge is -2.17. The third kappa shape index (κ3) is 2.54. The predicted octanol–water partition coefficient (Wildman–Crippen LogP) is 2.29. The zero-order valence-corrected chi connectivity index (χ0v) is 12.2. The Morgan fingerprint density at radius 3 is 2.52 bits per heavy atom. The van der Waals surface area contributed by atoms with Crippen LogP contribution in [0.3, 0.4) is 0 Å². The van der Waals surface area contributed by atoms with Crippen molar-refractivity contribution in [2.24, 2.45) is 4.99 Å². The molecule has 0 aliphatic carbocycles. The van der Waals surface area contributed by atoms with Gasteiger partial charge in [0.2, 0.25) is 15.2 Å². The Balaban J connectivity index is 1.98. The van der Waals surface area contributed by atoms with Crippen molar-refractivity contribution in [3.8, 4) is 0 Å². The van der Waals surface area contributed by atoms with Gasteiger partial charge in [-0.25, -0.2) is 13.4 Å². The van der Waals surface area contributed by atoms with Crippen LogP contribution in [0.25, 0.3) is 0 Å². The SMILES string of the molecule is Cc1ccc(S(=O)(=O)[C@@H]2N=CO[C@H]2c2ccccn2)cc1. The van der Waals surface area contributed by atoms with Crippen LogP contribution in [0.15, 0.2) is 58.5 Å². The molecule has 1 aromatic heterocycles. The quantitative estimate of drug-likeness (QED) is 0.872. The average Bonchev–Trinajstić information content (AvgIpc) is 2.99. The molecule has 0 unspecified atom stereocenters. The average molecular weight is 302 g/mol. The monoisotopic (exact) mass is 302 g/mol. The zero-order valence-electron chi connectivity index (χ0n) is 11.4. The molecule has 1 aliphatic rings. The molecule has 0 fully saturated rings. The topological polar surface area (TPSA) is 68.6 Å². The van der Waals surface area contributed by atoms with E-state index in [1.165, 1.54) is 6.40 Å². The molecular weight excluding hydrogens is 288 g/mol. The van der Waals surface area contributed by atoms with E-state index in [4.69, 9.17) is 4.74 Å². The summed E-state index contributed by atoms with van der Waals surface area (Å²) in [6.45, 7) is 1.91. The maximum atomic E-state index is 12.7. The summed E-state index contributed by atoms with van der Waals surface area (Å²) in [5.74, 6) is 0. The molecule has 0 bridgehead atoms. The van der Waals surface area contributed by atoms with Crippen molar-refractivity contribution in [2.45, 2.75) is 23.3 Å². The molecule has 0 spiro atoms. The summed E-state index contributed by atoms with van der Waals surface area (Å²) in [7, 11) is -3.62. The minimum absolute atomic E-state index is 0.238. The second-order valence-electron chi connectivity index (χ2n) is 4.81. The molecule has 1 aromatic carbocycles. The van der Waals surface area contributed by atoms with Crippen LogP contribution in [-0.4, -0.2) is 25.2 Å². The van der Waals surface area contributed by atoms with Crippen LogP contribution in [0.1, 0.15) is 17.4 Å². The van der Waals surface area contributed by atoms with Crippen molar-refractivity contribution in [1.82, 2.24) is 4.98 Å². The number of ether oxygens (including phenoxy) is 1. The van der Waals surface area contributed by atoms with E-state index in [0.29, 0.717) is 5.69 Å². The minimum Gasteiger partial charge on any atom is -0.471 e. The lowest BCUT2D eigenvalue weighted by atomic mass is 10.2. The van der Waals surface area contributed by atoms with Crippen molar-refractivity contribution < 1.29 is 13.2 Å². The van der Waals surface area contributed by atoms with Crippen LogP contribution in [0.4, 0.5) is 0 Å². The summed E-state index contributed by atoms with van der Waals surface area (Å²) in [5.41, 5.74) is 1.55. The number of pyridine rings is 1. The Labute approximate surface area is 123 Å². The van der Waals surface area contributed by atoms with Crippen molar-refractivity contribution in [1.29, 1.82) is 0 Å². The summed E-state index contributed by atoms with van der Waals surface area (Å²) in [4.78, 5) is 8.39. The Hall–Kier alpha value is -2.21. The van der Waals surface area contributed by atoms with E-state index in [2.05, 4.69) is 9.98 Å². The number of rotatable bonds is 3. The summed E-state index contributed by atoms with van der Waals surface area (Å²) in [6.07, 6.45) is 2.08. The van der Waals surface area contributed by atoms with E-state index < -0.39 is 21.3 Å². The van der Waals surface area contributed by atoms with Crippen LogP contribution in [0.5, 0.6) is 0 Å². The summed E-state index contributed by atoms with van der Waals surface area (Å²) in [5, 5.41) is -1.00. The molecule has 6 heteroatoms. The van der Waals surface area contributed by atoms with Gasteiger partial charge in [-0.2, -0.15) is 0 Å². The largest absolute Gasteiger partial charge is 0.471 e. The summed E-state index contributed by atoms with van der Waals surface area (Å²) < 4.78 is 30.8. The molecule has 3 rings (SSSR count). The highest BCUT2D eigenvalue weighted by molar-refractivity contribution is 7.92. The smallest absolute Gasteiger partial charge is 0.205 e. The van der Waals surface area contributed by atoms with Gasteiger partial charge in [-0.05, 0) is 31.2 Å². The number of hydrogen-bond donors (Lipinski definition) is 0. The van der Waals surface area contributed by atoms with Crippen molar-refractivity contribution in [3.05, 3.63) is 59.9 Å². The maximum Gasteiger partial charge on any atom is 0.205 e. The molecule has 0 N–H and O–H groups in total. The first-order valence-electron chi connectivity index (χ1n) is 6.47. The number of aliphatic imine (C=N–C) groups is 1. The van der Waals surface area contributed by atoms with Crippen LogP contribution in [0.2, 0.25) is 0 Å². The first-order chi connectivity index (χ1) is 10.1. The zero-order chi connectivity index (χ0) is 14.9. The van der Waals surface area contributed by atoms with Crippen LogP contribution in [0, 0.1) is 6.92 Å². The minimum atomic E-state index is -3.62. The first-order valence-corrected chi connectivity index (χ1v) is 8.02. The second kappa shape index (κ2) is 5.29. The molecule has 0 saturated heterocycles. The fourth-order valence-corrected chi connectivity index (χ4v) is 3.71. The van der Waals surface area contributed by atoms with Gasteiger partial charge in [0.25, 0.3) is 0 Å². The lowest BCUT2D eigenvalue weighted by Crippen LogP contribution is -2.25. The van der Waals surface area contributed by atoms with Gasteiger partial charge in [0.05, 0.1) is 10.6 Å². The molecule has 0 saturated carbocycles. The molecule has 0 radical (unpaired) electrons. The molecule has 2 heterocycles. The molecular formula is C15H14N2O3S. The van der Waals surface area contributed by atoms with Gasteiger partial charge in [0.15, 0.2) is 12.5 Å². The predicted molar refractivity (Wildman–Crippen MR) is 78.7 cm³/mol. The number of benzene rings is 1. The van der Waals surface area contributed by atoms with E-state index in [1.54, 1.807) is 48.7 Å². The van der Waals surface area contributed by atoms with Gasteiger partial charge in [-0.3, -0.25) is 4.98 Å². The number of nitrogens with zero attached hydrogens (tertiary/aromatic N) is 2. The summed E-state index contributed by atoms with van der Waals surface area (Å²) in [6, 6.07) is 12.0. The Morgan fingerprint density at radius 1 is 1.10 bits per heavy atom. The van der Waals surface area contributed by atoms with Crippen LogP contribution in [-0.2, 0) is 14.6 Å². The van der Waals surface area contributed by atoms with Crippen LogP contribution < -0.4 is 0 Å². The Morgan fingerprint density at radius 2 is 1.86 bits per heavy atom. The Kier molecular flexibility index (Phi) is 3.47. The highest BCUT2D eigenvalue weighted by atomic mass is 32.2. The van der Waals surface area contributed by atoms with Crippen molar-refractivity contribution in [2.75, 3.05) is 0 Å². The van der Waals surface area contributed by atoms with Gasteiger partial charge in [0, 0.05) is 6.20 Å². The van der Waals surface area contributed by atoms with Gasteiger partial charge in [-0.15, -0.1) is 0 Å². The van der Waals surface area contributed by atoms with Gasteiger partial charge in [0.1, 0.15) is 0 Å². The number of hydrogen-bond acceptors (Lipinski definition) is 5. The highest BCUT2D eigenvalue weighted by Crippen LogP contribution is 2.32. The standard InChI is InChI=1S/C15H14N2O3S/c1-11-5-7-12(8-6-11)21(18,19)15-14(20-10-17-15)13-4-2-3-9-16-13/h2-10,14-15H,1H3/t14-,15-/m0/s1. The number of sulfone groups is 1. The van der Waals surface area contributed by atoms with E-state index in [-0.39, 0.29) is 4.90 Å². The Bertz CT molecular complexity index is 755. The number of aromatic nitrogens is 1. The van der Waals surface area contributed by atoms with E-state index in [0.717, 1.165) is 5.56 Å². The van der Waals surface area contributed by atoms with E-state index in [1.807, 2.05) is 6.92 Å². The fraction of sp³-hybridized carbons (Fsp3) is 0.200. The molecule has 1 aliphatic heterocycles. The third-order valence-electron chi connectivity index (χ3n) is 3.32. The van der Waals surface area contributed by atoms with Crippen molar-refractivity contribution in [3.63, 3.8) is 0 Å². The molecule has 2 atom stereocenters. The third-order valence-corrected chi connectivity index (χ3v) is 5.25. The van der Waals surface area contributed by atoms with E-state index in [9.17, 15) is 8.42 Å². The van der Waals surface area contributed by atoms with Gasteiger partial charge >= 0.3 is 0 Å². The first kappa shape index (κ1) is 13.8. The number of aryl methyl sites for hydroxylation is 1. The van der Waals surface area contributed by atoms with Gasteiger partial charge in [-0.1, -0.05) is 23.8 Å². The van der Waals surface area contributed by atoms with E-state index >= 15 is 0 Å². The highest BCUT2D eigenvalue weighted by Gasteiger charge is 2.40. The van der Waals surface area contributed by atoms with Crippen LogP contribution >= 0.6 is 0 Å². The van der Waals surface area contributed by atoms with Gasteiger partial charge < -0.3 is 4.74 Å².